The minimum absolute atomic E-state index is 0.0397. The zero-order chi connectivity index (χ0) is 11.5. The van der Waals surface area contributed by atoms with E-state index in [0.717, 1.165) is 12.0 Å². The fourth-order valence-electron chi connectivity index (χ4n) is 1.67. The second-order valence-electron chi connectivity index (χ2n) is 3.82. The van der Waals surface area contributed by atoms with Crippen LogP contribution >= 0.6 is 0 Å². The first-order chi connectivity index (χ1) is 7.66. The Morgan fingerprint density at radius 2 is 2.31 bits per heavy atom. The summed E-state index contributed by atoms with van der Waals surface area (Å²) in [5.74, 6) is 0.447. The van der Waals surface area contributed by atoms with Gasteiger partial charge in [0.1, 0.15) is 12.4 Å². The molecular formula is C12H13NO3. The van der Waals surface area contributed by atoms with Gasteiger partial charge in [0.2, 0.25) is 0 Å². The minimum atomic E-state index is -0.0745. The highest BCUT2D eigenvalue weighted by Gasteiger charge is 2.16. The van der Waals surface area contributed by atoms with Crippen LogP contribution in [0.15, 0.2) is 18.2 Å². The number of hydrogen-bond donors (Lipinski definition) is 1. The van der Waals surface area contributed by atoms with Gasteiger partial charge >= 0.3 is 0 Å². The smallest absolute Gasteiger partial charge is 0.251 e. The van der Waals surface area contributed by atoms with Crippen LogP contribution in [0.2, 0.25) is 0 Å². The Balaban J connectivity index is 2.20. The number of carbonyl (C=O) groups is 2. The maximum Gasteiger partial charge on any atom is 0.251 e. The molecule has 16 heavy (non-hydrogen) atoms. The van der Waals surface area contributed by atoms with Gasteiger partial charge in [0.05, 0.1) is 0 Å². The van der Waals surface area contributed by atoms with Crippen molar-refractivity contribution >= 4 is 11.7 Å². The molecule has 0 aliphatic carbocycles. The maximum absolute atomic E-state index is 11.5. The van der Waals surface area contributed by atoms with E-state index < -0.39 is 0 Å². The molecule has 4 heteroatoms. The van der Waals surface area contributed by atoms with Crippen molar-refractivity contribution in [2.75, 3.05) is 13.2 Å². The average molecular weight is 219 g/mol. The molecule has 1 aromatic rings. The summed E-state index contributed by atoms with van der Waals surface area (Å²) >= 11 is 0. The van der Waals surface area contributed by atoms with Crippen molar-refractivity contribution in [3.63, 3.8) is 0 Å². The number of fused-ring (bicyclic) bond motifs is 1. The van der Waals surface area contributed by atoms with E-state index in [9.17, 15) is 9.59 Å². The quantitative estimate of drug-likeness (QED) is 0.823. The van der Waals surface area contributed by atoms with Gasteiger partial charge in [0.15, 0.2) is 5.78 Å². The topological polar surface area (TPSA) is 55.4 Å². The van der Waals surface area contributed by atoms with E-state index in [1.165, 1.54) is 6.92 Å². The summed E-state index contributed by atoms with van der Waals surface area (Å²) in [6, 6.07) is 5.36. The molecule has 1 N–H and O–H groups in total. The molecule has 2 rings (SSSR count). The molecule has 1 amide bonds. The number of hydrogen-bond acceptors (Lipinski definition) is 3. The predicted octanol–water partition coefficient (Wildman–Crippen LogP) is 0.940. The molecular weight excluding hydrogens is 206 g/mol. The van der Waals surface area contributed by atoms with Crippen LogP contribution in [0.5, 0.6) is 5.75 Å². The van der Waals surface area contributed by atoms with Crippen LogP contribution in [0.1, 0.15) is 22.8 Å². The van der Waals surface area contributed by atoms with Gasteiger partial charge in [-0.05, 0) is 31.0 Å². The molecule has 1 heterocycles. The summed E-state index contributed by atoms with van der Waals surface area (Å²) in [7, 11) is 0. The van der Waals surface area contributed by atoms with E-state index >= 15 is 0 Å². The van der Waals surface area contributed by atoms with Crippen molar-refractivity contribution in [1.29, 1.82) is 0 Å². The molecule has 0 radical (unpaired) electrons. The lowest BCUT2D eigenvalue weighted by Crippen LogP contribution is -2.31. The predicted molar refractivity (Wildman–Crippen MR) is 58.7 cm³/mol. The summed E-state index contributed by atoms with van der Waals surface area (Å²) in [4.78, 5) is 22.3. The highest BCUT2D eigenvalue weighted by molar-refractivity contribution is 5.97. The average Bonchev–Trinajstić information content (AvgIpc) is 2.27. The lowest BCUT2D eigenvalue weighted by molar-refractivity contribution is -0.118. The molecule has 1 aliphatic heterocycles. The molecule has 0 bridgehead atoms. The van der Waals surface area contributed by atoms with Gasteiger partial charge in [-0.3, -0.25) is 9.59 Å². The Morgan fingerprint density at radius 3 is 3.06 bits per heavy atom. The Bertz CT molecular complexity index is 440. The number of benzene rings is 1. The van der Waals surface area contributed by atoms with Crippen LogP contribution in [-0.2, 0) is 11.2 Å². The summed E-state index contributed by atoms with van der Waals surface area (Å²) < 4.78 is 5.25. The van der Waals surface area contributed by atoms with Crippen LogP contribution in [0.4, 0.5) is 0 Å². The molecule has 84 valence electrons. The van der Waals surface area contributed by atoms with Gasteiger partial charge in [0.25, 0.3) is 5.91 Å². The van der Waals surface area contributed by atoms with Crippen LogP contribution in [0.3, 0.4) is 0 Å². The van der Waals surface area contributed by atoms with Crippen molar-refractivity contribution in [1.82, 2.24) is 5.32 Å². The third-order valence-corrected chi connectivity index (χ3v) is 2.45. The fourth-order valence-corrected chi connectivity index (χ4v) is 1.67. The normalized spacial score (nSPS) is 13.9. The molecule has 0 aromatic heterocycles. The van der Waals surface area contributed by atoms with Crippen molar-refractivity contribution in [2.45, 2.75) is 13.3 Å². The van der Waals surface area contributed by atoms with Crippen molar-refractivity contribution < 1.29 is 14.3 Å². The molecule has 1 aromatic carbocycles. The summed E-state index contributed by atoms with van der Waals surface area (Å²) in [5.41, 5.74) is 1.67. The first-order valence-corrected chi connectivity index (χ1v) is 5.20. The minimum Gasteiger partial charge on any atom is -0.486 e. The zero-order valence-electron chi connectivity index (χ0n) is 9.08. The van der Waals surface area contributed by atoms with Gasteiger partial charge < -0.3 is 10.1 Å². The Morgan fingerprint density at radius 1 is 1.50 bits per heavy atom. The molecule has 0 atom stereocenters. The van der Waals surface area contributed by atoms with Gasteiger partial charge in [-0.25, -0.2) is 0 Å². The Hall–Kier alpha value is -1.84. The van der Waals surface area contributed by atoms with E-state index in [1.807, 2.05) is 6.07 Å². The number of carbonyl (C=O) groups excluding carboxylic acids is 2. The lowest BCUT2D eigenvalue weighted by Gasteiger charge is -2.17. The number of ketones is 1. The van der Waals surface area contributed by atoms with E-state index in [0.29, 0.717) is 17.9 Å². The second-order valence-corrected chi connectivity index (χ2v) is 3.82. The lowest BCUT2D eigenvalue weighted by atomic mass is 10.0. The van der Waals surface area contributed by atoms with Crippen LogP contribution in [-0.4, -0.2) is 24.8 Å². The van der Waals surface area contributed by atoms with Gasteiger partial charge in [-0.15, -0.1) is 0 Å². The molecule has 0 saturated carbocycles. The van der Waals surface area contributed by atoms with Crippen LogP contribution in [0, 0.1) is 0 Å². The molecule has 0 fully saturated rings. The van der Waals surface area contributed by atoms with E-state index in [2.05, 4.69) is 5.32 Å². The van der Waals surface area contributed by atoms with Gasteiger partial charge in [-0.2, -0.15) is 0 Å². The number of rotatable bonds is 3. The molecule has 0 saturated heterocycles. The van der Waals surface area contributed by atoms with Crippen LogP contribution < -0.4 is 10.1 Å². The standard InChI is InChI=1S/C12H13NO3/c1-8(14)7-16-10-3-2-9-4-5-13-12(15)11(9)6-10/h2-3,6H,4-5,7H2,1H3,(H,13,15). The van der Waals surface area contributed by atoms with E-state index in [4.69, 9.17) is 4.74 Å². The highest BCUT2D eigenvalue weighted by atomic mass is 16.5. The maximum atomic E-state index is 11.5. The Kier molecular flexibility index (Phi) is 2.90. The number of amides is 1. The number of nitrogens with one attached hydrogen (secondary N) is 1. The summed E-state index contributed by atoms with van der Waals surface area (Å²) in [6.45, 7) is 2.19. The first kappa shape index (κ1) is 10.7. The summed E-state index contributed by atoms with van der Waals surface area (Å²) in [6.07, 6.45) is 0.841. The van der Waals surface area contributed by atoms with E-state index in [-0.39, 0.29) is 18.3 Å². The third-order valence-electron chi connectivity index (χ3n) is 2.45. The molecule has 1 aliphatic rings. The first-order valence-electron chi connectivity index (χ1n) is 5.20. The SMILES string of the molecule is CC(=O)COc1ccc2c(c1)C(=O)NCC2. The zero-order valence-corrected chi connectivity index (χ0v) is 9.08. The molecule has 0 spiro atoms. The largest absolute Gasteiger partial charge is 0.486 e. The number of Topliss-reactive ketones (excluding diaryl/α,β-unsaturated/α-hetero) is 1. The second kappa shape index (κ2) is 4.35. The van der Waals surface area contributed by atoms with Crippen molar-refractivity contribution in [3.05, 3.63) is 29.3 Å². The fraction of sp³-hybridized carbons (Fsp3) is 0.333. The monoisotopic (exact) mass is 219 g/mol. The van der Waals surface area contributed by atoms with Crippen molar-refractivity contribution in [3.8, 4) is 5.75 Å². The van der Waals surface area contributed by atoms with Crippen molar-refractivity contribution in [2.24, 2.45) is 0 Å². The summed E-state index contributed by atoms with van der Waals surface area (Å²) in [5, 5.41) is 2.77. The Labute approximate surface area is 93.6 Å². The molecule has 4 nitrogen and oxygen atoms in total. The van der Waals surface area contributed by atoms with E-state index in [1.54, 1.807) is 12.1 Å². The van der Waals surface area contributed by atoms with Gasteiger partial charge in [-0.1, -0.05) is 6.07 Å². The highest BCUT2D eigenvalue weighted by Crippen LogP contribution is 2.20. The number of ether oxygens (including phenoxy) is 1. The third kappa shape index (κ3) is 2.21. The van der Waals surface area contributed by atoms with Gasteiger partial charge in [0, 0.05) is 12.1 Å². The van der Waals surface area contributed by atoms with Crippen LogP contribution in [0.25, 0.3) is 0 Å². The molecule has 0 unspecified atom stereocenters.